The van der Waals surface area contributed by atoms with E-state index in [-0.39, 0.29) is 0 Å². The standard InChI is InChI=1S/C12H9Si/c1-3-9-4-2-6-11-8-13-7-10(5-1)12(9)11/h1-7H,8H2. The van der Waals surface area contributed by atoms with Gasteiger partial charge in [0.15, 0.2) is 0 Å². The summed E-state index contributed by atoms with van der Waals surface area (Å²) in [5.41, 5.74) is 5.32. The Morgan fingerprint density at radius 1 is 1.00 bits per heavy atom. The lowest BCUT2D eigenvalue weighted by Gasteiger charge is -2.11. The van der Waals surface area contributed by atoms with Gasteiger partial charge in [-0.15, -0.1) is 0 Å². The van der Waals surface area contributed by atoms with Crippen molar-refractivity contribution < 1.29 is 0 Å². The fourth-order valence-corrected chi connectivity index (χ4v) is 3.07. The molecule has 0 saturated heterocycles. The number of benzene rings is 2. The second-order valence-electron chi connectivity index (χ2n) is 3.39. The van der Waals surface area contributed by atoms with E-state index in [1.165, 1.54) is 27.9 Å². The van der Waals surface area contributed by atoms with Crippen LogP contribution in [-0.4, -0.2) is 14.8 Å². The highest BCUT2D eigenvalue weighted by Crippen LogP contribution is 2.23. The maximum Gasteiger partial charge on any atom is 0.0249 e. The Morgan fingerprint density at radius 2 is 1.85 bits per heavy atom. The monoisotopic (exact) mass is 181 g/mol. The molecule has 13 heavy (non-hydrogen) atoms. The predicted molar refractivity (Wildman–Crippen MR) is 58.6 cm³/mol. The van der Waals surface area contributed by atoms with E-state index in [0.717, 1.165) is 9.13 Å². The Balaban J connectivity index is 2.56. The summed E-state index contributed by atoms with van der Waals surface area (Å²) in [7, 11) is 0.959. The molecule has 0 bridgehead atoms. The van der Waals surface area contributed by atoms with Gasteiger partial charge >= 0.3 is 0 Å². The average Bonchev–Trinajstić information content (AvgIpc) is 2.19. The third-order valence-corrected chi connectivity index (χ3v) is 3.67. The Morgan fingerprint density at radius 3 is 2.77 bits per heavy atom. The third kappa shape index (κ3) is 1.01. The lowest BCUT2D eigenvalue weighted by Crippen LogP contribution is -2.02. The van der Waals surface area contributed by atoms with Crippen LogP contribution in [0.2, 0.25) is 0 Å². The first kappa shape index (κ1) is 7.22. The molecule has 0 aliphatic carbocycles. The number of hydrogen-bond acceptors (Lipinski definition) is 0. The molecular weight excluding hydrogens is 172 g/mol. The van der Waals surface area contributed by atoms with E-state index in [0.29, 0.717) is 0 Å². The third-order valence-electron chi connectivity index (χ3n) is 2.57. The van der Waals surface area contributed by atoms with Crippen molar-refractivity contribution in [1.82, 2.24) is 0 Å². The predicted octanol–water partition coefficient (Wildman–Crippen LogP) is 2.21. The van der Waals surface area contributed by atoms with Crippen LogP contribution in [0.15, 0.2) is 36.4 Å². The van der Waals surface area contributed by atoms with Crippen LogP contribution in [0.3, 0.4) is 0 Å². The lowest BCUT2D eigenvalue weighted by atomic mass is 10.0. The fourth-order valence-electron chi connectivity index (χ4n) is 1.99. The van der Waals surface area contributed by atoms with Gasteiger partial charge in [0, 0.05) is 9.13 Å². The van der Waals surface area contributed by atoms with Gasteiger partial charge in [0.1, 0.15) is 0 Å². The minimum atomic E-state index is 0.959. The van der Waals surface area contributed by atoms with Crippen LogP contribution in [0.25, 0.3) is 10.8 Å². The summed E-state index contributed by atoms with van der Waals surface area (Å²) in [6.07, 6.45) is 0. The molecule has 61 valence electrons. The molecule has 0 nitrogen and oxygen atoms in total. The SMILES string of the molecule is C1=[Si]Cc2cccc3cccc1c23. The molecule has 1 heterocycles. The van der Waals surface area contributed by atoms with Crippen molar-refractivity contribution in [2.45, 2.75) is 6.04 Å². The first-order chi connectivity index (χ1) is 6.45. The van der Waals surface area contributed by atoms with Crippen LogP contribution in [0.5, 0.6) is 0 Å². The molecule has 2 aromatic carbocycles. The molecule has 1 aliphatic heterocycles. The van der Waals surface area contributed by atoms with Gasteiger partial charge in [0.2, 0.25) is 0 Å². The normalized spacial score (nSPS) is 13.5. The molecule has 0 N–H and O–H groups in total. The highest BCUT2D eigenvalue weighted by molar-refractivity contribution is 6.52. The Kier molecular flexibility index (Phi) is 1.46. The zero-order valence-corrected chi connectivity index (χ0v) is 8.25. The minimum Gasteiger partial charge on any atom is -0.0732 e. The zero-order chi connectivity index (χ0) is 8.67. The highest BCUT2D eigenvalue weighted by atomic mass is 28.2. The van der Waals surface area contributed by atoms with E-state index < -0.39 is 0 Å². The van der Waals surface area contributed by atoms with Gasteiger partial charge in [0.05, 0.1) is 0 Å². The first-order valence-electron chi connectivity index (χ1n) is 4.52. The fraction of sp³-hybridized carbons (Fsp3) is 0.0833. The highest BCUT2D eigenvalue weighted by Gasteiger charge is 2.06. The molecule has 0 unspecified atom stereocenters. The second-order valence-corrected chi connectivity index (χ2v) is 4.44. The summed E-state index contributed by atoms with van der Waals surface area (Å²) in [5, 5.41) is 2.86. The topological polar surface area (TPSA) is 0 Å². The van der Waals surface area contributed by atoms with Crippen molar-refractivity contribution in [3.63, 3.8) is 0 Å². The molecule has 2 aromatic rings. The van der Waals surface area contributed by atoms with Crippen LogP contribution >= 0.6 is 0 Å². The summed E-state index contributed by atoms with van der Waals surface area (Å²) in [6.45, 7) is 0. The van der Waals surface area contributed by atoms with Crippen LogP contribution in [0.1, 0.15) is 11.1 Å². The molecule has 1 radical (unpaired) electrons. The van der Waals surface area contributed by atoms with Gasteiger partial charge in [0.25, 0.3) is 0 Å². The van der Waals surface area contributed by atoms with Gasteiger partial charge in [-0.1, -0.05) is 42.1 Å². The average molecular weight is 181 g/mol. The van der Waals surface area contributed by atoms with E-state index >= 15 is 0 Å². The summed E-state index contributed by atoms with van der Waals surface area (Å²) < 4.78 is 0. The smallest absolute Gasteiger partial charge is 0.0249 e. The van der Waals surface area contributed by atoms with Crippen LogP contribution in [-0.2, 0) is 6.04 Å². The van der Waals surface area contributed by atoms with Crippen molar-refractivity contribution in [3.05, 3.63) is 47.5 Å². The van der Waals surface area contributed by atoms with Gasteiger partial charge in [-0.3, -0.25) is 0 Å². The van der Waals surface area contributed by atoms with Gasteiger partial charge in [-0.25, -0.2) is 0 Å². The molecule has 0 fully saturated rings. The minimum absolute atomic E-state index is 0.959. The molecular formula is C12H9Si. The van der Waals surface area contributed by atoms with Gasteiger partial charge in [-0.05, 0) is 27.9 Å². The van der Waals surface area contributed by atoms with Crippen LogP contribution in [0.4, 0.5) is 0 Å². The molecule has 3 rings (SSSR count). The number of rotatable bonds is 0. The maximum absolute atomic E-state index is 2.37. The number of hydrogen-bond donors (Lipinski definition) is 0. The van der Waals surface area contributed by atoms with Crippen LogP contribution < -0.4 is 0 Å². The van der Waals surface area contributed by atoms with Crippen molar-refractivity contribution in [3.8, 4) is 0 Å². The summed E-state index contributed by atoms with van der Waals surface area (Å²) in [6, 6.07) is 14.4. The van der Waals surface area contributed by atoms with E-state index in [1.54, 1.807) is 0 Å². The molecule has 0 aromatic heterocycles. The largest absolute Gasteiger partial charge is 0.0732 e. The van der Waals surface area contributed by atoms with E-state index in [1.807, 2.05) is 0 Å². The Hall–Kier alpha value is -1.21. The second kappa shape index (κ2) is 2.64. The van der Waals surface area contributed by atoms with Crippen molar-refractivity contribution >= 4 is 25.6 Å². The summed E-state index contributed by atoms with van der Waals surface area (Å²) >= 11 is 0. The lowest BCUT2D eigenvalue weighted by molar-refractivity contribution is 1.43. The Labute approximate surface area is 79.7 Å². The van der Waals surface area contributed by atoms with Crippen molar-refractivity contribution in [2.24, 2.45) is 0 Å². The van der Waals surface area contributed by atoms with Gasteiger partial charge < -0.3 is 0 Å². The molecule has 1 aliphatic rings. The van der Waals surface area contributed by atoms with Crippen molar-refractivity contribution in [2.75, 3.05) is 0 Å². The Bertz CT molecular complexity index is 492. The quantitative estimate of drug-likeness (QED) is 0.547. The molecule has 1 heteroatoms. The first-order valence-corrected chi connectivity index (χ1v) is 5.81. The maximum atomic E-state index is 2.37. The molecule has 0 atom stereocenters. The van der Waals surface area contributed by atoms with Crippen LogP contribution in [0, 0.1) is 0 Å². The van der Waals surface area contributed by atoms with Crippen molar-refractivity contribution in [1.29, 1.82) is 0 Å². The summed E-state index contributed by atoms with van der Waals surface area (Å²) in [5.74, 6) is 0. The van der Waals surface area contributed by atoms with E-state index in [2.05, 4.69) is 42.1 Å². The van der Waals surface area contributed by atoms with Gasteiger partial charge in [-0.2, -0.15) is 0 Å². The zero-order valence-electron chi connectivity index (χ0n) is 7.25. The molecule has 0 saturated carbocycles. The molecule has 0 spiro atoms. The van der Waals surface area contributed by atoms with E-state index in [9.17, 15) is 0 Å². The van der Waals surface area contributed by atoms with E-state index in [4.69, 9.17) is 0 Å². The molecule has 0 amide bonds. The summed E-state index contributed by atoms with van der Waals surface area (Å²) in [4.78, 5) is 0.